The number of aliphatic hydroxyl groups is 1. The highest BCUT2D eigenvalue weighted by molar-refractivity contribution is 6.01. The van der Waals surface area contributed by atoms with Crippen LogP contribution >= 0.6 is 0 Å². The molecule has 15 heavy (non-hydrogen) atoms. The van der Waals surface area contributed by atoms with Crippen molar-refractivity contribution in [3.63, 3.8) is 0 Å². The average molecular weight is 209 g/mol. The molecule has 0 aromatic heterocycles. The van der Waals surface area contributed by atoms with Gasteiger partial charge >= 0.3 is 0 Å². The summed E-state index contributed by atoms with van der Waals surface area (Å²) in [5.41, 5.74) is 2.26. The zero-order valence-electron chi connectivity index (χ0n) is 9.63. The normalized spacial score (nSPS) is 35.1. The molecule has 0 aromatic carbocycles. The summed E-state index contributed by atoms with van der Waals surface area (Å²) in [6.07, 6.45) is 0.713. The monoisotopic (exact) mass is 209 g/mol. The van der Waals surface area contributed by atoms with Crippen LogP contribution in [-0.2, 0) is 4.79 Å². The summed E-state index contributed by atoms with van der Waals surface area (Å²) in [4.78, 5) is 11.7. The number of ketones is 1. The molecule has 3 heteroatoms. The predicted octanol–water partition coefficient (Wildman–Crippen LogP) is 1.09. The molecule has 2 aliphatic rings. The lowest BCUT2D eigenvalue weighted by atomic mass is 9.95. The van der Waals surface area contributed by atoms with Crippen LogP contribution in [0, 0.1) is 17.3 Å². The molecule has 0 bridgehead atoms. The number of hydrogen-bond acceptors (Lipinski definition) is 3. The van der Waals surface area contributed by atoms with E-state index in [1.165, 1.54) is 0 Å². The first-order valence-electron chi connectivity index (χ1n) is 5.59. The zero-order valence-corrected chi connectivity index (χ0v) is 9.63. The van der Waals surface area contributed by atoms with Crippen molar-refractivity contribution in [3.05, 3.63) is 11.3 Å². The van der Waals surface area contributed by atoms with Gasteiger partial charge in [0.1, 0.15) is 0 Å². The van der Waals surface area contributed by atoms with Crippen molar-refractivity contribution in [1.82, 2.24) is 5.32 Å². The maximum Gasteiger partial charge on any atom is 0.161 e. The first-order valence-corrected chi connectivity index (χ1v) is 5.59. The number of fused-ring (bicyclic) bond motifs is 1. The first kappa shape index (κ1) is 10.7. The molecule has 0 aromatic rings. The lowest BCUT2D eigenvalue weighted by Crippen LogP contribution is -2.20. The molecule has 2 rings (SSSR count). The third-order valence-electron chi connectivity index (χ3n) is 3.97. The summed E-state index contributed by atoms with van der Waals surface area (Å²) in [6, 6.07) is 0. The number of rotatable bonds is 3. The highest BCUT2D eigenvalue weighted by Crippen LogP contribution is 2.68. The van der Waals surface area contributed by atoms with Gasteiger partial charge in [0.25, 0.3) is 0 Å². The molecule has 0 spiro atoms. The molecule has 0 radical (unpaired) electrons. The van der Waals surface area contributed by atoms with E-state index in [9.17, 15) is 4.79 Å². The fourth-order valence-corrected chi connectivity index (χ4v) is 2.96. The molecule has 84 valence electrons. The van der Waals surface area contributed by atoms with E-state index >= 15 is 0 Å². The van der Waals surface area contributed by atoms with Gasteiger partial charge in [-0.05, 0) is 24.2 Å². The fraction of sp³-hybridized carbons (Fsp3) is 0.750. The molecule has 2 aliphatic carbocycles. The van der Waals surface area contributed by atoms with E-state index in [0.717, 1.165) is 11.3 Å². The fourth-order valence-electron chi connectivity index (χ4n) is 2.96. The van der Waals surface area contributed by atoms with Crippen LogP contribution < -0.4 is 5.32 Å². The summed E-state index contributed by atoms with van der Waals surface area (Å²) >= 11 is 0. The van der Waals surface area contributed by atoms with Crippen molar-refractivity contribution >= 4 is 5.78 Å². The van der Waals surface area contributed by atoms with Crippen LogP contribution in [0.15, 0.2) is 11.3 Å². The van der Waals surface area contributed by atoms with Crippen LogP contribution in [0.1, 0.15) is 27.2 Å². The van der Waals surface area contributed by atoms with Crippen molar-refractivity contribution < 1.29 is 9.90 Å². The SMILES string of the molecule is C/C(NCCO)=C1/C(=O)C[C@@H]2[C@H]1C2(C)C. The Morgan fingerprint density at radius 1 is 1.60 bits per heavy atom. The Hall–Kier alpha value is -0.830. The molecule has 0 saturated heterocycles. The van der Waals surface area contributed by atoms with E-state index in [2.05, 4.69) is 19.2 Å². The van der Waals surface area contributed by atoms with Gasteiger partial charge in [-0.1, -0.05) is 13.8 Å². The smallest absolute Gasteiger partial charge is 0.161 e. The van der Waals surface area contributed by atoms with Crippen LogP contribution in [0.3, 0.4) is 0 Å². The highest BCUT2D eigenvalue weighted by atomic mass is 16.3. The van der Waals surface area contributed by atoms with Crippen molar-refractivity contribution in [1.29, 1.82) is 0 Å². The van der Waals surface area contributed by atoms with Gasteiger partial charge in [0.2, 0.25) is 0 Å². The third-order valence-corrected chi connectivity index (χ3v) is 3.97. The highest BCUT2D eigenvalue weighted by Gasteiger charge is 2.65. The predicted molar refractivity (Wildman–Crippen MR) is 58.2 cm³/mol. The summed E-state index contributed by atoms with van der Waals surface area (Å²) < 4.78 is 0. The van der Waals surface area contributed by atoms with Gasteiger partial charge in [-0.2, -0.15) is 0 Å². The van der Waals surface area contributed by atoms with E-state index in [1.807, 2.05) is 6.92 Å². The molecule has 3 nitrogen and oxygen atoms in total. The van der Waals surface area contributed by atoms with E-state index < -0.39 is 0 Å². The van der Waals surface area contributed by atoms with Crippen LogP contribution in [-0.4, -0.2) is 24.0 Å². The van der Waals surface area contributed by atoms with E-state index in [0.29, 0.717) is 36.0 Å². The molecular formula is C12H19NO2. The molecule has 0 heterocycles. The Morgan fingerprint density at radius 3 is 2.80 bits per heavy atom. The lowest BCUT2D eigenvalue weighted by Gasteiger charge is -2.13. The lowest BCUT2D eigenvalue weighted by molar-refractivity contribution is -0.115. The van der Waals surface area contributed by atoms with Crippen LogP contribution in [0.4, 0.5) is 0 Å². The van der Waals surface area contributed by atoms with E-state index in [1.54, 1.807) is 0 Å². The van der Waals surface area contributed by atoms with Crippen molar-refractivity contribution in [2.45, 2.75) is 27.2 Å². The summed E-state index contributed by atoms with van der Waals surface area (Å²) in [5, 5.41) is 11.8. The number of carbonyl (C=O) groups excluding carboxylic acids is 1. The van der Waals surface area contributed by atoms with Crippen molar-refractivity contribution in [2.24, 2.45) is 17.3 Å². The summed E-state index contributed by atoms with van der Waals surface area (Å²) in [7, 11) is 0. The summed E-state index contributed by atoms with van der Waals surface area (Å²) in [5.74, 6) is 1.31. The number of hydrogen-bond donors (Lipinski definition) is 2. The average Bonchev–Trinajstić information content (AvgIpc) is 2.59. The Labute approximate surface area is 90.6 Å². The van der Waals surface area contributed by atoms with E-state index in [-0.39, 0.29) is 6.61 Å². The van der Waals surface area contributed by atoms with Crippen molar-refractivity contribution in [3.8, 4) is 0 Å². The Bertz CT molecular complexity index is 331. The largest absolute Gasteiger partial charge is 0.395 e. The molecule has 2 N–H and O–H groups in total. The molecule has 0 aliphatic heterocycles. The van der Waals surface area contributed by atoms with Gasteiger partial charge in [-0.3, -0.25) is 4.79 Å². The quantitative estimate of drug-likeness (QED) is 0.684. The topological polar surface area (TPSA) is 49.3 Å². The molecular weight excluding hydrogens is 190 g/mol. The van der Waals surface area contributed by atoms with Gasteiger partial charge in [-0.25, -0.2) is 0 Å². The first-order chi connectivity index (χ1) is 7.00. The maximum atomic E-state index is 11.7. The van der Waals surface area contributed by atoms with Crippen LogP contribution in [0.2, 0.25) is 0 Å². The van der Waals surface area contributed by atoms with Crippen molar-refractivity contribution in [2.75, 3.05) is 13.2 Å². The number of carbonyl (C=O) groups is 1. The molecule has 2 saturated carbocycles. The number of Topliss-reactive ketones (excluding diaryl/α,β-unsaturated/α-hetero) is 1. The molecule has 0 unspecified atom stereocenters. The molecule has 0 amide bonds. The molecule has 2 fully saturated rings. The maximum absolute atomic E-state index is 11.7. The Balaban J connectivity index is 2.17. The van der Waals surface area contributed by atoms with Gasteiger partial charge in [-0.15, -0.1) is 0 Å². The standard InChI is InChI=1S/C12H19NO2/c1-7(13-4-5-14)10-9(15)6-8-11(10)12(8,2)3/h8,11,13-14H,4-6H2,1-3H3/b10-7+/t8-,11-/m1/s1. The van der Waals surface area contributed by atoms with E-state index in [4.69, 9.17) is 5.11 Å². The third kappa shape index (κ3) is 1.49. The molecule has 2 atom stereocenters. The minimum atomic E-state index is 0.107. The van der Waals surface area contributed by atoms with Gasteiger partial charge < -0.3 is 10.4 Å². The second kappa shape index (κ2) is 3.34. The Morgan fingerprint density at radius 2 is 2.27 bits per heavy atom. The van der Waals surface area contributed by atoms with Gasteiger partial charge in [0.15, 0.2) is 5.78 Å². The second-order valence-corrected chi connectivity index (χ2v) is 5.22. The van der Waals surface area contributed by atoms with Crippen LogP contribution in [0.5, 0.6) is 0 Å². The zero-order chi connectivity index (χ0) is 11.2. The van der Waals surface area contributed by atoms with Crippen LogP contribution in [0.25, 0.3) is 0 Å². The number of nitrogens with one attached hydrogen (secondary N) is 1. The summed E-state index contributed by atoms with van der Waals surface area (Å²) in [6.45, 7) is 7.04. The number of aliphatic hydroxyl groups excluding tert-OH is 1. The van der Waals surface area contributed by atoms with Gasteiger partial charge in [0, 0.05) is 24.2 Å². The second-order valence-electron chi connectivity index (χ2n) is 5.22. The Kier molecular flexibility index (Phi) is 2.38. The minimum absolute atomic E-state index is 0.107. The van der Waals surface area contributed by atoms with Gasteiger partial charge in [0.05, 0.1) is 6.61 Å². The number of allylic oxidation sites excluding steroid dienone is 2. The minimum Gasteiger partial charge on any atom is -0.395 e.